The highest BCUT2D eigenvalue weighted by atomic mass is 32.2. The summed E-state index contributed by atoms with van der Waals surface area (Å²) in [5, 5.41) is 0. The standard InChI is InChI=1S/C26H35O7P.C16H16OS/c1-17(15-26(2,3)4)16-34(29,24(27)22-18(30-5)11-9-12-19(22)31-6)25(28)23-20(32-7)13-10-14-21(23)33-8;1-11(2)13-7-5-9-16-14(13)10-12-6-3-4-8-15(12)18(16)17/h9-14,17H,15-16H2,1-8H3;3-9,11H,10H2,1-2H3. The lowest BCUT2D eigenvalue weighted by Crippen LogP contribution is -2.21. The van der Waals surface area contributed by atoms with E-state index < -0.39 is 29.0 Å². The molecule has 8 nitrogen and oxygen atoms in total. The van der Waals surface area contributed by atoms with Crippen molar-refractivity contribution in [2.45, 2.75) is 70.1 Å². The third-order valence-electron chi connectivity index (χ3n) is 9.00. The number of rotatable bonds is 12. The molecule has 278 valence electrons. The second-order valence-corrected chi connectivity index (χ2v) is 18.6. The number of hydrogen-bond acceptors (Lipinski definition) is 8. The molecule has 52 heavy (non-hydrogen) atoms. The smallest absolute Gasteiger partial charge is 0.236 e. The lowest BCUT2D eigenvalue weighted by molar-refractivity contribution is 0.103. The molecule has 0 aliphatic carbocycles. The van der Waals surface area contributed by atoms with Gasteiger partial charge in [0.05, 0.1) is 39.2 Å². The van der Waals surface area contributed by atoms with Crippen molar-refractivity contribution in [2.75, 3.05) is 34.6 Å². The van der Waals surface area contributed by atoms with Crippen LogP contribution in [0.4, 0.5) is 0 Å². The van der Waals surface area contributed by atoms with Crippen LogP contribution in [0.2, 0.25) is 0 Å². The molecule has 0 amide bonds. The topological polar surface area (TPSA) is 105 Å². The van der Waals surface area contributed by atoms with E-state index in [0.717, 1.165) is 16.2 Å². The Morgan fingerprint density at radius 3 is 1.58 bits per heavy atom. The van der Waals surface area contributed by atoms with Gasteiger partial charge in [0.15, 0.2) is 0 Å². The van der Waals surface area contributed by atoms with Gasteiger partial charge in [-0.1, -0.05) is 84.0 Å². The van der Waals surface area contributed by atoms with Crippen LogP contribution in [-0.2, 0) is 21.8 Å². The Hall–Kier alpha value is -4.20. The number of fused-ring (bicyclic) bond motifs is 2. The van der Waals surface area contributed by atoms with E-state index in [9.17, 15) is 18.4 Å². The molecule has 5 rings (SSSR count). The van der Waals surface area contributed by atoms with Gasteiger partial charge in [0, 0.05) is 22.4 Å². The average Bonchev–Trinajstić information content (AvgIpc) is 3.12. The highest BCUT2D eigenvalue weighted by Gasteiger charge is 2.46. The Balaban J connectivity index is 0.000000279. The maximum absolute atomic E-state index is 14.7. The van der Waals surface area contributed by atoms with Crippen molar-refractivity contribution in [3.8, 4) is 23.0 Å². The first-order valence-electron chi connectivity index (χ1n) is 17.3. The number of carbonyl (C=O) groups excluding carboxylic acids is 2. The van der Waals surface area contributed by atoms with E-state index in [4.69, 9.17) is 18.9 Å². The van der Waals surface area contributed by atoms with Crippen molar-refractivity contribution in [3.05, 3.63) is 107 Å². The molecule has 4 aromatic carbocycles. The predicted octanol–water partition coefficient (Wildman–Crippen LogP) is 10.0. The van der Waals surface area contributed by atoms with E-state index in [-0.39, 0.29) is 51.6 Å². The summed E-state index contributed by atoms with van der Waals surface area (Å²) in [6.45, 7) is 12.5. The fourth-order valence-electron chi connectivity index (χ4n) is 6.92. The third kappa shape index (κ3) is 8.70. The second kappa shape index (κ2) is 17.1. The van der Waals surface area contributed by atoms with Crippen molar-refractivity contribution in [2.24, 2.45) is 11.3 Å². The fraction of sp³-hybridized carbons (Fsp3) is 0.381. The molecule has 0 N–H and O–H groups in total. The van der Waals surface area contributed by atoms with Gasteiger partial charge in [-0.2, -0.15) is 0 Å². The summed E-state index contributed by atoms with van der Waals surface area (Å²) in [5.41, 5.74) is 2.08. The Morgan fingerprint density at radius 1 is 0.692 bits per heavy atom. The van der Waals surface area contributed by atoms with Gasteiger partial charge in [-0.05, 0) is 76.8 Å². The lowest BCUT2D eigenvalue weighted by atomic mass is 9.86. The zero-order valence-electron chi connectivity index (χ0n) is 31.9. The molecule has 4 aromatic rings. The van der Waals surface area contributed by atoms with E-state index >= 15 is 0 Å². The summed E-state index contributed by atoms with van der Waals surface area (Å²) >= 11 is 0. The first-order valence-corrected chi connectivity index (χ1v) is 20.4. The summed E-state index contributed by atoms with van der Waals surface area (Å²) in [7, 11) is 0.364. The number of ether oxygens (including phenoxy) is 4. The van der Waals surface area contributed by atoms with Crippen molar-refractivity contribution in [3.63, 3.8) is 0 Å². The predicted molar refractivity (Wildman–Crippen MR) is 208 cm³/mol. The Morgan fingerprint density at radius 2 is 1.13 bits per heavy atom. The van der Waals surface area contributed by atoms with Crippen LogP contribution in [0.5, 0.6) is 23.0 Å². The van der Waals surface area contributed by atoms with E-state index in [0.29, 0.717) is 12.3 Å². The first kappa shape index (κ1) is 40.6. The molecular weight excluding hydrogens is 695 g/mol. The molecule has 2 atom stereocenters. The largest absolute Gasteiger partial charge is 0.496 e. The van der Waals surface area contributed by atoms with Crippen molar-refractivity contribution < 1.29 is 37.3 Å². The van der Waals surface area contributed by atoms with Crippen LogP contribution in [-0.4, -0.2) is 49.9 Å². The molecule has 0 radical (unpaired) electrons. The molecule has 0 bridgehead atoms. The van der Waals surface area contributed by atoms with Crippen molar-refractivity contribution in [1.82, 2.24) is 0 Å². The minimum atomic E-state index is -4.25. The van der Waals surface area contributed by atoms with Crippen LogP contribution in [0.25, 0.3) is 0 Å². The normalized spacial score (nSPS) is 14.2. The Kier molecular flexibility index (Phi) is 13.3. The molecule has 2 unspecified atom stereocenters. The van der Waals surface area contributed by atoms with Gasteiger partial charge in [-0.25, -0.2) is 4.21 Å². The van der Waals surface area contributed by atoms with Crippen LogP contribution in [0, 0.1) is 11.3 Å². The van der Waals surface area contributed by atoms with Crippen LogP contribution in [0.15, 0.2) is 88.7 Å². The van der Waals surface area contributed by atoms with E-state index in [1.54, 1.807) is 36.4 Å². The summed E-state index contributed by atoms with van der Waals surface area (Å²) in [4.78, 5) is 30.0. The van der Waals surface area contributed by atoms with E-state index in [1.165, 1.54) is 45.1 Å². The molecule has 0 fully saturated rings. The molecular formula is C42H51O8PS. The number of hydrogen-bond donors (Lipinski definition) is 0. The summed E-state index contributed by atoms with van der Waals surface area (Å²) in [5.74, 6) is 1.05. The van der Waals surface area contributed by atoms with Crippen LogP contribution in [0.1, 0.15) is 91.3 Å². The maximum atomic E-state index is 14.7. The highest BCUT2D eigenvalue weighted by Crippen LogP contribution is 2.58. The quantitative estimate of drug-likeness (QED) is 0.116. The molecule has 1 aliphatic rings. The Labute approximate surface area is 311 Å². The fourth-order valence-corrected chi connectivity index (χ4v) is 11.0. The van der Waals surface area contributed by atoms with Crippen LogP contribution < -0.4 is 18.9 Å². The highest BCUT2D eigenvalue weighted by molar-refractivity contribution is 7.95. The number of carbonyl (C=O) groups is 2. The summed E-state index contributed by atoms with van der Waals surface area (Å²) in [6.07, 6.45) is 1.47. The van der Waals surface area contributed by atoms with E-state index in [2.05, 4.69) is 46.8 Å². The monoisotopic (exact) mass is 746 g/mol. The van der Waals surface area contributed by atoms with Gasteiger partial charge >= 0.3 is 0 Å². The van der Waals surface area contributed by atoms with E-state index in [1.807, 2.05) is 37.3 Å². The van der Waals surface area contributed by atoms with Gasteiger partial charge in [0.2, 0.25) is 18.2 Å². The zero-order chi connectivity index (χ0) is 38.4. The van der Waals surface area contributed by atoms with Gasteiger partial charge < -0.3 is 23.5 Å². The molecule has 0 aromatic heterocycles. The minimum Gasteiger partial charge on any atom is -0.496 e. The van der Waals surface area contributed by atoms with Crippen LogP contribution >= 0.6 is 7.14 Å². The third-order valence-corrected chi connectivity index (χ3v) is 13.5. The molecule has 1 heterocycles. The first-order chi connectivity index (χ1) is 24.6. The lowest BCUT2D eigenvalue weighted by Gasteiger charge is -2.27. The molecule has 10 heteroatoms. The number of benzene rings is 4. The summed E-state index contributed by atoms with van der Waals surface area (Å²) < 4.78 is 48.8. The van der Waals surface area contributed by atoms with Gasteiger partial charge in [-0.15, -0.1) is 0 Å². The average molecular weight is 747 g/mol. The SMILES string of the molecule is CC(C)c1cccc2c1Cc1ccccc1S2=O.COc1cccc(OC)c1C(=O)P(=O)(CC(C)CC(C)(C)C)C(=O)c1c(OC)cccc1OC. The Bertz CT molecular complexity index is 1880. The minimum absolute atomic E-state index is 0.0130. The summed E-state index contributed by atoms with van der Waals surface area (Å²) in [6, 6.07) is 23.9. The molecule has 0 saturated heterocycles. The zero-order valence-corrected chi connectivity index (χ0v) is 33.6. The second-order valence-electron chi connectivity index (χ2n) is 14.5. The van der Waals surface area contributed by atoms with Crippen LogP contribution in [0.3, 0.4) is 0 Å². The number of methoxy groups -OCH3 is 4. The molecule has 0 spiro atoms. The molecule has 1 aliphatic heterocycles. The maximum Gasteiger partial charge on any atom is 0.236 e. The van der Waals surface area contributed by atoms with Crippen molar-refractivity contribution in [1.29, 1.82) is 0 Å². The van der Waals surface area contributed by atoms with Gasteiger partial charge in [-0.3, -0.25) is 9.59 Å². The molecule has 0 saturated carbocycles. The van der Waals surface area contributed by atoms with Gasteiger partial charge in [0.1, 0.15) is 34.1 Å². The van der Waals surface area contributed by atoms with Crippen molar-refractivity contribution >= 4 is 29.0 Å². The van der Waals surface area contributed by atoms with Gasteiger partial charge in [0.25, 0.3) is 0 Å².